The lowest BCUT2D eigenvalue weighted by Crippen LogP contribution is -1.97. The van der Waals surface area contributed by atoms with Crippen molar-refractivity contribution in [3.05, 3.63) is 28.8 Å². The minimum Gasteiger partial charge on any atom is -0.468 e. The molecule has 0 unspecified atom stereocenters. The van der Waals surface area contributed by atoms with Crippen molar-refractivity contribution in [1.82, 2.24) is 4.98 Å². The third kappa shape index (κ3) is 3.56. The summed E-state index contributed by atoms with van der Waals surface area (Å²) in [5, 5.41) is -0.200. The fourth-order valence-electron chi connectivity index (χ4n) is 0.780. The molecule has 0 radical (unpaired) electrons. The number of hydrogen-bond donors (Lipinski definition) is 0. The van der Waals surface area contributed by atoms with Crippen LogP contribution in [0.4, 0.5) is 4.39 Å². The van der Waals surface area contributed by atoms with Gasteiger partial charge < -0.3 is 4.74 Å². The predicted octanol–water partition coefficient (Wildman–Crippen LogP) is 1.79. The van der Waals surface area contributed by atoms with Crippen molar-refractivity contribution in [2.45, 2.75) is 6.42 Å². The Bertz CT molecular complexity index is 437. The van der Waals surface area contributed by atoms with E-state index in [9.17, 15) is 9.18 Å². The van der Waals surface area contributed by atoms with Crippen molar-refractivity contribution in [1.29, 1.82) is 0 Å². The molecule has 0 aromatic carbocycles. The van der Waals surface area contributed by atoms with Gasteiger partial charge in [0.15, 0.2) is 11.0 Å². The molecule has 1 aromatic heterocycles. The summed E-state index contributed by atoms with van der Waals surface area (Å²) in [6.45, 7) is 0. The summed E-state index contributed by atoms with van der Waals surface area (Å²) in [4.78, 5) is 14.3. The zero-order chi connectivity index (χ0) is 11.3. The van der Waals surface area contributed by atoms with Gasteiger partial charge in [0.25, 0.3) is 0 Å². The molecule has 15 heavy (non-hydrogen) atoms. The molecule has 1 aromatic rings. The van der Waals surface area contributed by atoms with E-state index in [1.807, 2.05) is 0 Å². The second-order valence-electron chi connectivity index (χ2n) is 2.55. The summed E-state index contributed by atoms with van der Waals surface area (Å²) in [5.41, 5.74) is 0.362. The Hall–Kier alpha value is -1.60. The van der Waals surface area contributed by atoms with E-state index in [2.05, 4.69) is 21.6 Å². The first kappa shape index (κ1) is 11.5. The second kappa shape index (κ2) is 5.32. The smallest absolute Gasteiger partial charge is 0.317 e. The molecule has 0 saturated carbocycles. The maximum Gasteiger partial charge on any atom is 0.317 e. The number of ether oxygens (including phenoxy) is 1. The van der Waals surface area contributed by atoms with Gasteiger partial charge in [0.2, 0.25) is 0 Å². The fourth-order valence-corrected chi connectivity index (χ4v) is 0.884. The third-order valence-corrected chi connectivity index (χ3v) is 1.77. The van der Waals surface area contributed by atoms with Crippen LogP contribution in [0.25, 0.3) is 0 Å². The topological polar surface area (TPSA) is 39.2 Å². The molecule has 78 valence electrons. The van der Waals surface area contributed by atoms with Gasteiger partial charge in [-0.15, -0.1) is 0 Å². The maximum absolute atomic E-state index is 12.9. The van der Waals surface area contributed by atoms with E-state index < -0.39 is 11.8 Å². The number of esters is 1. The Morgan fingerprint density at radius 2 is 2.47 bits per heavy atom. The van der Waals surface area contributed by atoms with Crippen molar-refractivity contribution >= 4 is 17.6 Å². The number of carbonyl (C=O) groups is 1. The zero-order valence-electron chi connectivity index (χ0n) is 7.88. The molecular formula is C10H7ClFNO2. The molecule has 0 aliphatic carbocycles. The Kier molecular flexibility index (Phi) is 4.07. The fraction of sp³-hybridized carbons (Fsp3) is 0.200. The number of halogens is 2. The highest BCUT2D eigenvalue weighted by molar-refractivity contribution is 6.29. The van der Waals surface area contributed by atoms with Crippen LogP contribution in [-0.2, 0) is 9.53 Å². The lowest BCUT2D eigenvalue weighted by Gasteiger charge is -1.93. The molecule has 0 atom stereocenters. The lowest BCUT2D eigenvalue weighted by molar-refractivity contribution is -0.139. The molecular weight excluding hydrogens is 221 g/mol. The number of hydrogen-bond acceptors (Lipinski definition) is 3. The summed E-state index contributed by atoms with van der Waals surface area (Å²) in [7, 11) is 1.27. The average molecular weight is 228 g/mol. The minimum atomic E-state index is -0.637. The largest absolute Gasteiger partial charge is 0.468 e. The van der Waals surface area contributed by atoms with Crippen LogP contribution in [0.3, 0.4) is 0 Å². The van der Waals surface area contributed by atoms with Crippen LogP contribution in [0.1, 0.15) is 12.0 Å². The molecule has 0 fully saturated rings. The molecule has 0 N–H and O–H groups in total. The van der Waals surface area contributed by atoms with E-state index in [1.165, 1.54) is 13.3 Å². The van der Waals surface area contributed by atoms with Crippen LogP contribution >= 0.6 is 11.6 Å². The molecule has 0 aliphatic rings. The number of aromatic nitrogens is 1. The van der Waals surface area contributed by atoms with Crippen molar-refractivity contribution in [3.8, 4) is 11.8 Å². The van der Waals surface area contributed by atoms with E-state index >= 15 is 0 Å². The highest BCUT2D eigenvalue weighted by Gasteiger charge is 2.00. The number of carbonyl (C=O) groups excluding carboxylic acids is 1. The van der Waals surface area contributed by atoms with Crippen LogP contribution in [0.2, 0.25) is 5.15 Å². The molecule has 0 saturated heterocycles. The second-order valence-corrected chi connectivity index (χ2v) is 2.91. The van der Waals surface area contributed by atoms with Crippen molar-refractivity contribution in [2.24, 2.45) is 0 Å². The molecule has 0 aliphatic heterocycles. The first-order chi connectivity index (χ1) is 7.13. The van der Waals surface area contributed by atoms with E-state index in [0.29, 0.717) is 5.56 Å². The molecule has 3 nitrogen and oxygen atoms in total. The van der Waals surface area contributed by atoms with Crippen LogP contribution in [0.5, 0.6) is 0 Å². The number of nitrogens with zero attached hydrogens (tertiary/aromatic N) is 1. The number of methoxy groups -OCH3 is 1. The van der Waals surface area contributed by atoms with Gasteiger partial charge in [-0.25, -0.2) is 9.37 Å². The van der Waals surface area contributed by atoms with Gasteiger partial charge in [-0.05, 0) is 6.07 Å². The number of pyridine rings is 1. The summed E-state index contributed by atoms with van der Waals surface area (Å²) in [6.07, 6.45) is 1.29. The van der Waals surface area contributed by atoms with Crippen LogP contribution in [0, 0.1) is 17.7 Å². The molecule has 1 rings (SSSR count). The molecule has 5 heteroatoms. The molecule has 0 spiro atoms. The average Bonchev–Trinajstić information content (AvgIpc) is 2.23. The van der Waals surface area contributed by atoms with Crippen LogP contribution < -0.4 is 0 Å². The first-order valence-corrected chi connectivity index (χ1v) is 4.38. The van der Waals surface area contributed by atoms with Crippen LogP contribution in [0.15, 0.2) is 12.3 Å². The molecule has 0 amide bonds. The maximum atomic E-state index is 12.9. The quantitative estimate of drug-likeness (QED) is 0.417. The Labute approximate surface area is 91.2 Å². The summed E-state index contributed by atoms with van der Waals surface area (Å²) >= 11 is 5.38. The van der Waals surface area contributed by atoms with E-state index in [1.54, 1.807) is 0 Å². The van der Waals surface area contributed by atoms with Crippen molar-refractivity contribution in [3.63, 3.8) is 0 Å². The lowest BCUT2D eigenvalue weighted by atomic mass is 10.3. The van der Waals surface area contributed by atoms with Gasteiger partial charge in [0.1, 0.15) is 6.42 Å². The predicted molar refractivity (Wildman–Crippen MR) is 52.7 cm³/mol. The van der Waals surface area contributed by atoms with Gasteiger partial charge in [-0.1, -0.05) is 23.4 Å². The summed E-state index contributed by atoms with van der Waals surface area (Å²) in [6, 6.07) is 1.15. The standard InChI is InChI=1S/C10H7ClFNO2/c1-15-9(14)4-2-3-7-5-8(12)10(11)13-6-7/h5-6H,4H2,1H3. The Morgan fingerprint density at radius 3 is 3.07 bits per heavy atom. The molecule has 0 bridgehead atoms. The van der Waals surface area contributed by atoms with E-state index in [4.69, 9.17) is 11.6 Å². The molecule has 1 heterocycles. The highest BCUT2D eigenvalue weighted by Crippen LogP contribution is 2.10. The van der Waals surface area contributed by atoms with E-state index in [-0.39, 0.29) is 11.6 Å². The highest BCUT2D eigenvalue weighted by atomic mass is 35.5. The Balaban J connectivity index is 2.72. The SMILES string of the molecule is COC(=O)CC#Cc1cnc(Cl)c(F)c1. The summed E-state index contributed by atoms with van der Waals surface area (Å²) in [5.74, 6) is 4.01. The van der Waals surface area contributed by atoms with Crippen molar-refractivity contribution < 1.29 is 13.9 Å². The van der Waals surface area contributed by atoms with Gasteiger partial charge in [-0.2, -0.15) is 0 Å². The summed E-state index contributed by atoms with van der Waals surface area (Å²) < 4.78 is 17.3. The van der Waals surface area contributed by atoms with Crippen LogP contribution in [-0.4, -0.2) is 18.1 Å². The van der Waals surface area contributed by atoms with Gasteiger partial charge in [-0.3, -0.25) is 4.79 Å². The van der Waals surface area contributed by atoms with Crippen molar-refractivity contribution in [2.75, 3.05) is 7.11 Å². The first-order valence-electron chi connectivity index (χ1n) is 4.00. The monoisotopic (exact) mass is 227 g/mol. The van der Waals surface area contributed by atoms with Gasteiger partial charge >= 0.3 is 5.97 Å². The van der Waals surface area contributed by atoms with E-state index in [0.717, 1.165) is 6.07 Å². The van der Waals surface area contributed by atoms with Gasteiger partial charge in [0.05, 0.1) is 7.11 Å². The number of rotatable bonds is 1. The minimum absolute atomic E-state index is 0.0409. The normalized spacial score (nSPS) is 9.00. The Morgan fingerprint density at radius 1 is 1.73 bits per heavy atom. The third-order valence-electron chi connectivity index (χ3n) is 1.49. The zero-order valence-corrected chi connectivity index (χ0v) is 8.64. The van der Waals surface area contributed by atoms with Gasteiger partial charge in [0, 0.05) is 11.8 Å².